The maximum Gasteiger partial charge on any atom is 0.0960 e. The number of hydrogen-bond acceptors (Lipinski definition) is 2. The SMILES string of the molecule is CCNC1=CC2C=CC(C=C1)CCCO2. The van der Waals surface area contributed by atoms with Crippen LogP contribution in [0.3, 0.4) is 0 Å². The van der Waals surface area contributed by atoms with Crippen molar-refractivity contribution in [3.05, 3.63) is 36.1 Å². The van der Waals surface area contributed by atoms with Gasteiger partial charge in [-0.1, -0.05) is 18.2 Å². The zero-order valence-corrected chi connectivity index (χ0v) is 9.28. The van der Waals surface area contributed by atoms with Crippen molar-refractivity contribution in [2.45, 2.75) is 25.9 Å². The van der Waals surface area contributed by atoms with E-state index < -0.39 is 0 Å². The van der Waals surface area contributed by atoms with Crippen LogP contribution in [0.2, 0.25) is 0 Å². The molecule has 1 aliphatic carbocycles. The molecule has 0 aromatic heterocycles. The monoisotopic (exact) mass is 205 g/mol. The van der Waals surface area contributed by atoms with E-state index in [1.807, 2.05) is 0 Å². The molecule has 2 heteroatoms. The first-order chi connectivity index (χ1) is 7.38. The second-order valence-electron chi connectivity index (χ2n) is 4.04. The van der Waals surface area contributed by atoms with Crippen molar-refractivity contribution in [1.82, 2.24) is 5.32 Å². The van der Waals surface area contributed by atoms with Gasteiger partial charge in [-0.25, -0.2) is 0 Å². The maximum atomic E-state index is 5.75. The van der Waals surface area contributed by atoms with Crippen molar-refractivity contribution >= 4 is 0 Å². The Morgan fingerprint density at radius 2 is 2.33 bits per heavy atom. The summed E-state index contributed by atoms with van der Waals surface area (Å²) in [4.78, 5) is 0. The molecule has 2 rings (SSSR count). The van der Waals surface area contributed by atoms with Gasteiger partial charge in [0.1, 0.15) is 0 Å². The van der Waals surface area contributed by atoms with Gasteiger partial charge in [-0.2, -0.15) is 0 Å². The van der Waals surface area contributed by atoms with E-state index in [4.69, 9.17) is 4.74 Å². The normalized spacial score (nSPS) is 30.1. The summed E-state index contributed by atoms with van der Waals surface area (Å²) >= 11 is 0. The first kappa shape index (κ1) is 10.5. The molecule has 0 amide bonds. The van der Waals surface area contributed by atoms with Gasteiger partial charge in [-0.3, -0.25) is 0 Å². The van der Waals surface area contributed by atoms with E-state index in [0.717, 1.165) is 19.6 Å². The molecule has 0 saturated carbocycles. The van der Waals surface area contributed by atoms with E-state index in [9.17, 15) is 0 Å². The van der Waals surface area contributed by atoms with Gasteiger partial charge in [0.2, 0.25) is 0 Å². The van der Waals surface area contributed by atoms with Crippen molar-refractivity contribution in [2.24, 2.45) is 5.92 Å². The van der Waals surface area contributed by atoms with Gasteiger partial charge in [0.15, 0.2) is 0 Å². The molecule has 2 unspecified atom stereocenters. The lowest BCUT2D eigenvalue weighted by atomic mass is 9.98. The number of nitrogens with one attached hydrogen (secondary N) is 1. The number of allylic oxidation sites excluding steroid dienone is 3. The molecule has 1 aliphatic heterocycles. The van der Waals surface area contributed by atoms with E-state index >= 15 is 0 Å². The first-order valence-corrected chi connectivity index (χ1v) is 5.82. The molecule has 0 aromatic rings. The van der Waals surface area contributed by atoms with Crippen molar-refractivity contribution in [1.29, 1.82) is 0 Å². The molecule has 0 saturated heterocycles. The van der Waals surface area contributed by atoms with Gasteiger partial charge in [-0.05, 0) is 37.8 Å². The summed E-state index contributed by atoms with van der Waals surface area (Å²) in [6.07, 6.45) is 13.5. The Labute approximate surface area is 91.7 Å². The van der Waals surface area contributed by atoms with Crippen LogP contribution in [0.4, 0.5) is 0 Å². The lowest BCUT2D eigenvalue weighted by Crippen LogP contribution is -2.19. The second-order valence-corrected chi connectivity index (χ2v) is 4.04. The molecule has 2 nitrogen and oxygen atoms in total. The smallest absolute Gasteiger partial charge is 0.0960 e. The fourth-order valence-electron chi connectivity index (χ4n) is 1.99. The first-order valence-electron chi connectivity index (χ1n) is 5.82. The predicted octanol–water partition coefficient (Wildman–Crippen LogP) is 2.40. The minimum absolute atomic E-state index is 0.145. The van der Waals surface area contributed by atoms with Gasteiger partial charge in [0.05, 0.1) is 6.10 Å². The lowest BCUT2D eigenvalue weighted by Gasteiger charge is -2.20. The number of fused-ring (bicyclic) bond motifs is 2. The summed E-state index contributed by atoms with van der Waals surface area (Å²) in [5.74, 6) is 0.582. The third-order valence-corrected chi connectivity index (χ3v) is 2.79. The number of rotatable bonds is 2. The topological polar surface area (TPSA) is 21.3 Å². The van der Waals surface area contributed by atoms with Gasteiger partial charge in [0.25, 0.3) is 0 Å². The van der Waals surface area contributed by atoms with Crippen molar-refractivity contribution in [3.63, 3.8) is 0 Å². The highest BCUT2D eigenvalue weighted by atomic mass is 16.5. The summed E-state index contributed by atoms with van der Waals surface area (Å²) in [6, 6.07) is 0. The van der Waals surface area contributed by atoms with Crippen molar-refractivity contribution in [2.75, 3.05) is 13.2 Å². The molecule has 82 valence electrons. The average Bonchev–Trinajstić information content (AvgIpc) is 2.19. The summed E-state index contributed by atoms with van der Waals surface area (Å²) in [7, 11) is 0. The Hall–Kier alpha value is -1.02. The fraction of sp³-hybridized carbons (Fsp3) is 0.538. The molecule has 0 spiro atoms. The Morgan fingerprint density at radius 3 is 3.20 bits per heavy atom. The Balaban J connectivity index is 2.19. The quantitative estimate of drug-likeness (QED) is 0.699. The van der Waals surface area contributed by atoms with Crippen molar-refractivity contribution < 1.29 is 4.74 Å². The summed E-state index contributed by atoms with van der Waals surface area (Å²) in [6.45, 7) is 3.94. The van der Waals surface area contributed by atoms with E-state index in [1.54, 1.807) is 0 Å². The molecule has 0 aromatic carbocycles. The van der Waals surface area contributed by atoms with E-state index in [2.05, 4.69) is 42.6 Å². The van der Waals surface area contributed by atoms with Crippen LogP contribution in [0.15, 0.2) is 36.1 Å². The Bertz CT molecular complexity index is 291. The minimum atomic E-state index is 0.145. The molecular weight excluding hydrogens is 186 g/mol. The van der Waals surface area contributed by atoms with Crippen LogP contribution in [0, 0.1) is 5.92 Å². The summed E-state index contributed by atoms with van der Waals surface area (Å²) < 4.78 is 5.75. The average molecular weight is 205 g/mol. The molecule has 0 radical (unpaired) electrons. The molecular formula is C13H19NO. The van der Waals surface area contributed by atoms with Crippen LogP contribution in [-0.2, 0) is 4.74 Å². The van der Waals surface area contributed by atoms with Crippen LogP contribution in [0.5, 0.6) is 0 Å². The largest absolute Gasteiger partial charge is 0.386 e. The zero-order chi connectivity index (χ0) is 10.5. The maximum absolute atomic E-state index is 5.75. The highest BCUT2D eigenvalue weighted by Gasteiger charge is 2.11. The predicted molar refractivity (Wildman–Crippen MR) is 62.5 cm³/mol. The van der Waals surface area contributed by atoms with Gasteiger partial charge >= 0.3 is 0 Å². The van der Waals surface area contributed by atoms with Crippen LogP contribution in [0.1, 0.15) is 19.8 Å². The van der Waals surface area contributed by atoms with Crippen molar-refractivity contribution in [3.8, 4) is 0 Å². The van der Waals surface area contributed by atoms with Crippen LogP contribution >= 0.6 is 0 Å². The van der Waals surface area contributed by atoms with Crippen LogP contribution < -0.4 is 5.32 Å². The molecule has 2 bridgehead atoms. The zero-order valence-electron chi connectivity index (χ0n) is 9.28. The molecule has 1 heterocycles. The standard InChI is InChI=1S/C13H19NO/c1-2-14-12-7-5-11-4-3-9-15-13(10-12)8-6-11/h5-8,10-11,13-14H,2-4,9H2,1H3. The third-order valence-electron chi connectivity index (χ3n) is 2.79. The third kappa shape index (κ3) is 2.96. The van der Waals surface area contributed by atoms with E-state index in [-0.39, 0.29) is 6.10 Å². The fourth-order valence-corrected chi connectivity index (χ4v) is 1.99. The number of hydrogen-bond donors (Lipinski definition) is 1. The molecule has 2 atom stereocenters. The number of likely N-dealkylation sites (N-methyl/N-ethyl adjacent to an activating group) is 1. The van der Waals surface area contributed by atoms with E-state index in [1.165, 1.54) is 12.1 Å². The minimum Gasteiger partial charge on any atom is -0.386 e. The summed E-state index contributed by atoms with van der Waals surface area (Å²) in [5, 5.41) is 3.35. The van der Waals surface area contributed by atoms with Crippen LogP contribution in [-0.4, -0.2) is 19.3 Å². The van der Waals surface area contributed by atoms with Gasteiger partial charge in [0, 0.05) is 18.8 Å². The molecule has 0 fully saturated rings. The van der Waals surface area contributed by atoms with E-state index in [0.29, 0.717) is 5.92 Å². The number of ether oxygens (including phenoxy) is 1. The molecule has 2 aliphatic rings. The Morgan fingerprint density at radius 1 is 1.40 bits per heavy atom. The highest BCUT2D eigenvalue weighted by Crippen LogP contribution is 2.19. The Kier molecular flexibility index (Phi) is 3.62. The summed E-state index contributed by atoms with van der Waals surface area (Å²) in [5.41, 5.74) is 1.18. The second kappa shape index (κ2) is 5.17. The lowest BCUT2D eigenvalue weighted by molar-refractivity contribution is 0.106. The molecule has 1 N–H and O–H groups in total. The van der Waals surface area contributed by atoms with Gasteiger partial charge < -0.3 is 10.1 Å². The van der Waals surface area contributed by atoms with Gasteiger partial charge in [-0.15, -0.1) is 0 Å². The van der Waals surface area contributed by atoms with Crippen LogP contribution in [0.25, 0.3) is 0 Å². The molecule has 15 heavy (non-hydrogen) atoms. The highest BCUT2D eigenvalue weighted by molar-refractivity contribution is 5.25.